The molecule has 0 saturated heterocycles. The van der Waals surface area contributed by atoms with Gasteiger partial charge in [0.2, 0.25) is 0 Å². The zero-order chi connectivity index (χ0) is 13.9. The molecule has 0 aliphatic rings. The fraction of sp³-hybridized carbons (Fsp3) is 0.118. The van der Waals surface area contributed by atoms with E-state index in [1.807, 2.05) is 48.5 Å². The summed E-state index contributed by atoms with van der Waals surface area (Å²) in [6.45, 7) is 1.74. The van der Waals surface area contributed by atoms with Crippen LogP contribution >= 0.6 is 0 Å². The molecule has 99 valence electrons. The molecular formula is C17H14NO2. The molecule has 1 radical (unpaired) electrons. The minimum absolute atomic E-state index is 0.466. The van der Waals surface area contributed by atoms with Crippen LogP contribution in [0.3, 0.4) is 0 Å². The summed E-state index contributed by atoms with van der Waals surface area (Å²) in [4.78, 5) is 4.15. The molecule has 3 nitrogen and oxygen atoms in total. The Bertz CT molecular complexity index is 720. The lowest BCUT2D eigenvalue weighted by atomic mass is 10.1. The van der Waals surface area contributed by atoms with Crippen LogP contribution in [-0.4, -0.2) is 10.1 Å². The number of rotatable bonds is 3. The van der Waals surface area contributed by atoms with Gasteiger partial charge in [-0.25, -0.2) is 4.98 Å². The topological polar surface area (TPSA) is 42.4 Å². The standard InChI is InChI=1S/C17H14NO2/c1-12(19)13-4-6-15(7-5-13)20-16-8-9-17-14(11-16)3-2-10-18-17/h2-9,11-12,19H,1H3. The smallest absolute Gasteiger partial charge is 0.128 e. The lowest BCUT2D eigenvalue weighted by Gasteiger charge is -2.08. The highest BCUT2D eigenvalue weighted by Gasteiger charge is 2.03. The average Bonchev–Trinajstić information content (AvgIpc) is 2.48. The second kappa shape index (κ2) is 5.31. The summed E-state index contributed by atoms with van der Waals surface area (Å²) in [5.41, 5.74) is 1.76. The number of pyridine rings is 1. The number of aliphatic hydroxyl groups is 1. The van der Waals surface area contributed by atoms with Crippen LogP contribution in [0.5, 0.6) is 11.5 Å². The molecule has 0 aliphatic heterocycles. The van der Waals surface area contributed by atoms with Gasteiger partial charge in [-0.1, -0.05) is 18.2 Å². The molecule has 3 aromatic rings. The van der Waals surface area contributed by atoms with Gasteiger partial charge in [0.05, 0.1) is 17.8 Å². The average molecular weight is 264 g/mol. The van der Waals surface area contributed by atoms with Gasteiger partial charge < -0.3 is 9.84 Å². The van der Waals surface area contributed by atoms with E-state index in [0.29, 0.717) is 0 Å². The van der Waals surface area contributed by atoms with Gasteiger partial charge >= 0.3 is 0 Å². The lowest BCUT2D eigenvalue weighted by Crippen LogP contribution is -1.91. The zero-order valence-corrected chi connectivity index (χ0v) is 11.1. The second-order valence-electron chi connectivity index (χ2n) is 4.64. The normalized spacial score (nSPS) is 12.3. The van der Waals surface area contributed by atoms with Gasteiger partial charge in [-0.3, -0.25) is 0 Å². The van der Waals surface area contributed by atoms with Gasteiger partial charge in [0.1, 0.15) is 11.5 Å². The summed E-state index contributed by atoms with van der Waals surface area (Å²) in [5.74, 6) is 1.50. The number of aliphatic hydroxyl groups excluding tert-OH is 1. The molecule has 0 saturated carbocycles. The van der Waals surface area contributed by atoms with E-state index in [9.17, 15) is 5.11 Å². The fourth-order valence-electron chi connectivity index (χ4n) is 2.02. The molecule has 0 aliphatic carbocycles. The lowest BCUT2D eigenvalue weighted by molar-refractivity contribution is 0.199. The molecule has 1 unspecified atom stereocenters. The van der Waals surface area contributed by atoms with Gasteiger partial charge in [0.15, 0.2) is 0 Å². The van der Waals surface area contributed by atoms with E-state index in [0.717, 1.165) is 28.0 Å². The minimum atomic E-state index is -0.466. The first-order chi connectivity index (χ1) is 9.72. The van der Waals surface area contributed by atoms with Crippen molar-refractivity contribution < 1.29 is 9.84 Å². The van der Waals surface area contributed by atoms with Crippen LogP contribution in [-0.2, 0) is 0 Å². The van der Waals surface area contributed by atoms with Crippen LogP contribution in [0, 0.1) is 6.20 Å². The SMILES string of the molecule is CC(O)c1ccc(Oc2ccc3n[c]ccc3c2)cc1. The van der Waals surface area contributed by atoms with Gasteiger partial charge in [-0.2, -0.15) is 0 Å². The summed E-state index contributed by atoms with van der Waals surface area (Å²) in [6.07, 6.45) is 2.34. The molecule has 2 aromatic carbocycles. The van der Waals surface area contributed by atoms with Crippen molar-refractivity contribution >= 4 is 10.9 Å². The number of fused-ring (bicyclic) bond motifs is 1. The number of ether oxygens (including phenoxy) is 1. The van der Waals surface area contributed by atoms with Crippen LogP contribution in [0.4, 0.5) is 0 Å². The Morgan fingerprint density at radius 2 is 1.80 bits per heavy atom. The highest BCUT2D eigenvalue weighted by atomic mass is 16.5. The summed E-state index contributed by atoms with van der Waals surface area (Å²) in [6, 6.07) is 16.9. The third kappa shape index (κ3) is 2.63. The van der Waals surface area contributed by atoms with Crippen molar-refractivity contribution in [2.24, 2.45) is 0 Å². The van der Waals surface area contributed by atoms with Gasteiger partial charge in [0, 0.05) is 5.39 Å². The Morgan fingerprint density at radius 3 is 2.55 bits per heavy atom. The van der Waals surface area contributed by atoms with Crippen molar-refractivity contribution in [1.29, 1.82) is 0 Å². The first-order valence-corrected chi connectivity index (χ1v) is 6.45. The molecule has 1 N–H and O–H groups in total. The number of aromatic nitrogens is 1. The zero-order valence-electron chi connectivity index (χ0n) is 11.1. The first kappa shape index (κ1) is 12.6. The van der Waals surface area contributed by atoms with Crippen LogP contribution in [0.2, 0.25) is 0 Å². The predicted octanol–water partition coefficient (Wildman–Crippen LogP) is 3.88. The Balaban J connectivity index is 1.85. The minimum Gasteiger partial charge on any atom is -0.457 e. The molecule has 1 heterocycles. The van der Waals surface area contributed by atoms with E-state index in [4.69, 9.17) is 4.74 Å². The molecule has 3 rings (SSSR count). The molecule has 3 heteroatoms. The largest absolute Gasteiger partial charge is 0.457 e. The van der Waals surface area contributed by atoms with E-state index < -0.39 is 6.10 Å². The van der Waals surface area contributed by atoms with Crippen molar-refractivity contribution in [2.75, 3.05) is 0 Å². The number of nitrogens with zero attached hydrogens (tertiary/aromatic N) is 1. The van der Waals surface area contributed by atoms with E-state index >= 15 is 0 Å². The van der Waals surface area contributed by atoms with Crippen LogP contribution in [0.25, 0.3) is 10.9 Å². The summed E-state index contributed by atoms with van der Waals surface area (Å²) in [5, 5.41) is 10.5. The molecule has 0 amide bonds. The summed E-state index contributed by atoms with van der Waals surface area (Å²) in [7, 11) is 0. The van der Waals surface area contributed by atoms with Gasteiger partial charge in [-0.05, 0) is 48.9 Å². The monoisotopic (exact) mass is 264 g/mol. The Labute approximate surface area is 117 Å². The number of benzene rings is 2. The van der Waals surface area contributed by atoms with E-state index in [1.165, 1.54) is 0 Å². The van der Waals surface area contributed by atoms with Gasteiger partial charge in [-0.15, -0.1) is 0 Å². The number of hydrogen-bond donors (Lipinski definition) is 1. The van der Waals surface area contributed by atoms with E-state index in [2.05, 4.69) is 11.2 Å². The Kier molecular flexibility index (Phi) is 3.35. The summed E-state index contributed by atoms with van der Waals surface area (Å²) >= 11 is 0. The molecule has 0 bridgehead atoms. The quantitative estimate of drug-likeness (QED) is 0.780. The van der Waals surface area contributed by atoms with Crippen LogP contribution in [0.1, 0.15) is 18.6 Å². The van der Waals surface area contributed by atoms with Crippen molar-refractivity contribution in [3.8, 4) is 11.5 Å². The van der Waals surface area contributed by atoms with Crippen molar-refractivity contribution in [3.63, 3.8) is 0 Å². The Morgan fingerprint density at radius 1 is 1.05 bits per heavy atom. The maximum atomic E-state index is 9.47. The van der Waals surface area contributed by atoms with Crippen molar-refractivity contribution in [3.05, 3.63) is 66.4 Å². The predicted molar refractivity (Wildman–Crippen MR) is 77.7 cm³/mol. The third-order valence-corrected chi connectivity index (χ3v) is 3.12. The fourth-order valence-corrected chi connectivity index (χ4v) is 2.02. The van der Waals surface area contributed by atoms with Gasteiger partial charge in [0.25, 0.3) is 0 Å². The molecule has 1 atom stereocenters. The molecule has 0 spiro atoms. The maximum absolute atomic E-state index is 9.47. The van der Waals surface area contributed by atoms with Crippen molar-refractivity contribution in [2.45, 2.75) is 13.0 Å². The first-order valence-electron chi connectivity index (χ1n) is 6.45. The van der Waals surface area contributed by atoms with Crippen LogP contribution < -0.4 is 4.74 Å². The highest BCUT2D eigenvalue weighted by Crippen LogP contribution is 2.25. The van der Waals surface area contributed by atoms with E-state index in [1.54, 1.807) is 13.0 Å². The number of hydrogen-bond acceptors (Lipinski definition) is 3. The van der Waals surface area contributed by atoms with Crippen LogP contribution in [0.15, 0.2) is 54.6 Å². The van der Waals surface area contributed by atoms with E-state index in [-0.39, 0.29) is 0 Å². The second-order valence-corrected chi connectivity index (χ2v) is 4.64. The third-order valence-electron chi connectivity index (χ3n) is 3.12. The Hall–Kier alpha value is -2.39. The molecule has 1 aromatic heterocycles. The molecular weight excluding hydrogens is 250 g/mol. The molecule has 20 heavy (non-hydrogen) atoms. The summed E-state index contributed by atoms with van der Waals surface area (Å²) < 4.78 is 5.80. The maximum Gasteiger partial charge on any atom is 0.128 e. The highest BCUT2D eigenvalue weighted by molar-refractivity contribution is 5.79. The molecule has 0 fully saturated rings. The van der Waals surface area contributed by atoms with Crippen molar-refractivity contribution in [1.82, 2.24) is 4.98 Å².